The summed E-state index contributed by atoms with van der Waals surface area (Å²) in [5, 5.41) is 11.2. The van der Waals surface area contributed by atoms with E-state index < -0.39 is 15.8 Å². The molecule has 46 heavy (non-hydrogen) atoms. The summed E-state index contributed by atoms with van der Waals surface area (Å²) in [6.45, 7) is 0. The Bertz CT molecular complexity index is 2010. The highest BCUT2D eigenvalue weighted by molar-refractivity contribution is 7.80. The van der Waals surface area contributed by atoms with Crippen LogP contribution in [0.25, 0.3) is 10.8 Å². The van der Waals surface area contributed by atoms with Crippen LogP contribution in [0, 0.1) is 5.92 Å². The summed E-state index contributed by atoms with van der Waals surface area (Å²) in [6.07, 6.45) is 14.1. The van der Waals surface area contributed by atoms with Gasteiger partial charge in [-0.1, -0.05) is 194 Å². The lowest BCUT2D eigenvalue weighted by Crippen LogP contribution is -2.30. The van der Waals surface area contributed by atoms with E-state index in [1.807, 2.05) is 0 Å². The fourth-order valence-corrected chi connectivity index (χ4v) is 12.2. The zero-order valence-corrected chi connectivity index (χ0v) is 27.3. The molecule has 0 nitrogen and oxygen atoms in total. The van der Waals surface area contributed by atoms with E-state index in [4.69, 9.17) is 0 Å². The molecule has 8 rings (SSSR count). The van der Waals surface area contributed by atoms with Crippen molar-refractivity contribution in [3.05, 3.63) is 211 Å². The third-order valence-corrected chi connectivity index (χ3v) is 14.1. The van der Waals surface area contributed by atoms with Crippen LogP contribution >= 0.6 is 15.8 Å². The molecule has 0 bridgehead atoms. The van der Waals surface area contributed by atoms with Gasteiger partial charge in [-0.05, 0) is 69.6 Å². The van der Waals surface area contributed by atoms with E-state index in [-0.39, 0.29) is 11.8 Å². The molecule has 0 aromatic heterocycles. The standard InChI is InChI=1S/C44H34P2/c1-5-19-35(20-6-1)45(36-21-7-2-8-22-36)41-31-29-33-17-13-15-27-39(33)43(41)44-40-28-16-14-18-34(40)30-32-42(44)46(37-23-9-3-10-24-37)38-25-11-4-12-26-38/h1-32,39,43H. The molecule has 0 amide bonds. The lowest BCUT2D eigenvalue weighted by Gasteiger charge is -2.39. The minimum Gasteiger partial charge on any atom is -0.0761 e. The molecule has 0 fully saturated rings. The molecule has 0 heterocycles. The van der Waals surface area contributed by atoms with Gasteiger partial charge in [-0.15, -0.1) is 0 Å². The molecule has 2 unspecified atom stereocenters. The Labute approximate surface area is 274 Å². The zero-order valence-electron chi connectivity index (χ0n) is 25.5. The number of benzene rings is 6. The highest BCUT2D eigenvalue weighted by Crippen LogP contribution is 2.57. The van der Waals surface area contributed by atoms with Crippen LogP contribution in [0.2, 0.25) is 0 Å². The van der Waals surface area contributed by atoms with E-state index >= 15 is 0 Å². The van der Waals surface area contributed by atoms with Gasteiger partial charge in [0.1, 0.15) is 0 Å². The van der Waals surface area contributed by atoms with Crippen LogP contribution in [0.15, 0.2) is 205 Å². The van der Waals surface area contributed by atoms with Gasteiger partial charge in [0.15, 0.2) is 0 Å². The molecular formula is C44H34P2. The van der Waals surface area contributed by atoms with Gasteiger partial charge in [0, 0.05) is 11.8 Å². The quantitative estimate of drug-likeness (QED) is 0.155. The van der Waals surface area contributed by atoms with E-state index in [0.29, 0.717) is 0 Å². The second-order valence-corrected chi connectivity index (χ2v) is 16.1. The molecule has 2 aliphatic carbocycles. The molecule has 2 aliphatic rings. The summed E-state index contributed by atoms with van der Waals surface area (Å²) in [6, 6.07) is 58.6. The van der Waals surface area contributed by atoms with E-state index in [1.165, 1.54) is 53.7 Å². The van der Waals surface area contributed by atoms with Crippen LogP contribution in [0.5, 0.6) is 0 Å². The molecule has 0 spiro atoms. The summed E-state index contributed by atoms with van der Waals surface area (Å²) >= 11 is 0. The first kappa shape index (κ1) is 28.8. The fraction of sp³-hybridized carbons (Fsp3) is 0.0455. The van der Waals surface area contributed by atoms with Crippen molar-refractivity contribution in [1.82, 2.24) is 0 Å². The van der Waals surface area contributed by atoms with Gasteiger partial charge in [0.05, 0.1) is 0 Å². The van der Waals surface area contributed by atoms with E-state index in [2.05, 4.69) is 194 Å². The second-order valence-electron chi connectivity index (χ2n) is 11.7. The topological polar surface area (TPSA) is 0 Å². The lowest BCUT2D eigenvalue weighted by atomic mass is 9.75. The molecule has 0 aliphatic heterocycles. The Balaban J connectivity index is 1.44. The Morgan fingerprint density at radius 1 is 0.435 bits per heavy atom. The maximum absolute atomic E-state index is 2.48. The smallest absolute Gasteiger partial charge is 0.0216 e. The molecule has 0 saturated heterocycles. The summed E-state index contributed by atoms with van der Waals surface area (Å²) in [4.78, 5) is 0. The molecule has 6 aromatic rings. The van der Waals surface area contributed by atoms with Crippen LogP contribution in [0.1, 0.15) is 11.5 Å². The van der Waals surface area contributed by atoms with E-state index in [0.717, 1.165) is 0 Å². The minimum absolute atomic E-state index is 0.172. The Hall–Kier alpha value is -4.60. The molecule has 0 saturated carbocycles. The maximum Gasteiger partial charge on any atom is 0.0216 e. The average molecular weight is 625 g/mol. The lowest BCUT2D eigenvalue weighted by molar-refractivity contribution is 0.668. The fourth-order valence-electron chi connectivity index (χ4n) is 7.04. The predicted octanol–water partition coefficient (Wildman–Crippen LogP) is 9.38. The Morgan fingerprint density at radius 3 is 1.54 bits per heavy atom. The van der Waals surface area contributed by atoms with Crippen molar-refractivity contribution in [2.75, 3.05) is 0 Å². The largest absolute Gasteiger partial charge is 0.0761 e. The van der Waals surface area contributed by atoms with E-state index in [9.17, 15) is 0 Å². The van der Waals surface area contributed by atoms with Crippen LogP contribution < -0.4 is 26.5 Å². The van der Waals surface area contributed by atoms with Crippen LogP contribution in [0.3, 0.4) is 0 Å². The first-order valence-corrected chi connectivity index (χ1v) is 18.6. The Morgan fingerprint density at radius 2 is 0.957 bits per heavy atom. The van der Waals surface area contributed by atoms with Gasteiger partial charge >= 0.3 is 0 Å². The summed E-state index contributed by atoms with van der Waals surface area (Å²) in [5.74, 6) is 0.418. The molecular weight excluding hydrogens is 590 g/mol. The molecule has 0 radical (unpaired) electrons. The van der Waals surface area contributed by atoms with Crippen molar-refractivity contribution in [2.24, 2.45) is 5.92 Å². The summed E-state index contributed by atoms with van der Waals surface area (Å²) in [5.41, 5.74) is 2.85. The number of allylic oxidation sites excluding steroid dienone is 8. The number of fused-ring (bicyclic) bond motifs is 2. The first-order chi connectivity index (χ1) is 22.9. The van der Waals surface area contributed by atoms with Gasteiger partial charge < -0.3 is 0 Å². The molecule has 0 N–H and O–H groups in total. The monoisotopic (exact) mass is 624 g/mol. The van der Waals surface area contributed by atoms with Crippen molar-refractivity contribution < 1.29 is 0 Å². The minimum atomic E-state index is -0.818. The normalized spacial score (nSPS) is 17.2. The van der Waals surface area contributed by atoms with Crippen molar-refractivity contribution in [1.29, 1.82) is 0 Å². The van der Waals surface area contributed by atoms with Gasteiger partial charge in [-0.3, -0.25) is 0 Å². The number of hydrogen-bond acceptors (Lipinski definition) is 0. The highest BCUT2D eigenvalue weighted by atomic mass is 31.1. The third-order valence-electron chi connectivity index (χ3n) is 9.04. The molecule has 6 aromatic carbocycles. The predicted molar refractivity (Wildman–Crippen MR) is 202 cm³/mol. The third kappa shape index (κ3) is 5.43. The molecule has 2 heteroatoms. The van der Waals surface area contributed by atoms with Gasteiger partial charge in [-0.2, -0.15) is 0 Å². The average Bonchev–Trinajstić information content (AvgIpc) is 3.14. The first-order valence-electron chi connectivity index (χ1n) is 16.0. The highest BCUT2D eigenvalue weighted by Gasteiger charge is 2.38. The van der Waals surface area contributed by atoms with E-state index in [1.54, 1.807) is 0 Å². The summed E-state index contributed by atoms with van der Waals surface area (Å²) in [7, 11) is -1.61. The van der Waals surface area contributed by atoms with Crippen molar-refractivity contribution in [3.8, 4) is 0 Å². The van der Waals surface area contributed by atoms with Crippen LogP contribution in [-0.2, 0) is 0 Å². The van der Waals surface area contributed by atoms with Crippen LogP contribution in [0.4, 0.5) is 0 Å². The van der Waals surface area contributed by atoms with Gasteiger partial charge in [0.2, 0.25) is 0 Å². The molecule has 220 valence electrons. The SMILES string of the molecule is C1=CC2=CC=C(P(c3ccccc3)c3ccccc3)C(c3c(P(c4ccccc4)c4ccccc4)ccc4ccccc34)C2C=C1. The zero-order chi connectivity index (χ0) is 30.7. The van der Waals surface area contributed by atoms with Gasteiger partial charge in [0.25, 0.3) is 0 Å². The second kappa shape index (κ2) is 13.0. The van der Waals surface area contributed by atoms with Crippen molar-refractivity contribution >= 4 is 53.1 Å². The summed E-state index contributed by atoms with van der Waals surface area (Å²) < 4.78 is 0. The van der Waals surface area contributed by atoms with Crippen LogP contribution in [-0.4, -0.2) is 0 Å². The van der Waals surface area contributed by atoms with Crippen molar-refractivity contribution in [2.45, 2.75) is 5.92 Å². The van der Waals surface area contributed by atoms with Gasteiger partial charge in [-0.25, -0.2) is 0 Å². The molecule has 2 atom stereocenters. The number of rotatable bonds is 7. The Kier molecular flexibility index (Phi) is 8.17. The van der Waals surface area contributed by atoms with Crippen molar-refractivity contribution in [3.63, 3.8) is 0 Å². The maximum atomic E-state index is 2.48. The number of hydrogen-bond donors (Lipinski definition) is 0.